The van der Waals surface area contributed by atoms with Crippen LogP contribution in [0.15, 0.2) is 42.5 Å². The number of ether oxygens (including phenoxy) is 9. The number of amides is 1. The van der Waals surface area contributed by atoms with Gasteiger partial charge in [-0.05, 0) is 22.4 Å². The number of benzene rings is 2. The third-order valence-corrected chi connectivity index (χ3v) is 7.84. The van der Waals surface area contributed by atoms with Gasteiger partial charge in [-0.3, -0.25) is 28.8 Å². The van der Waals surface area contributed by atoms with E-state index in [1.807, 2.05) is 42.5 Å². The lowest BCUT2D eigenvalue weighted by Crippen LogP contribution is -2.66. The average molecular weight is 718 g/mol. The summed E-state index contributed by atoms with van der Waals surface area (Å²) in [5, 5.41) is 4.63. The normalized spacial score (nSPS) is 27.5. The van der Waals surface area contributed by atoms with Crippen molar-refractivity contribution in [2.24, 2.45) is 0 Å². The van der Waals surface area contributed by atoms with Crippen LogP contribution in [0.2, 0.25) is 0 Å². The second-order valence-electron chi connectivity index (χ2n) is 12.1. The van der Waals surface area contributed by atoms with Crippen molar-refractivity contribution in [3.8, 4) is 0 Å². The predicted molar refractivity (Wildman–Crippen MR) is 173 cm³/mol. The SMILES string of the molecule is CC(=O)N[C@H]1[C@H](O[C@H]2[C@@H](OC(C)=O)[C@@H](COC(C)=O)O[C@@H](OCc3ccc4ccccc4c3)[C@@H]2OC(C)=O)O[C@H](COC(C)=O)C[C@@H]1OC(C)=O. The Hall–Kier alpha value is -4.64. The molecule has 2 aromatic carbocycles. The van der Waals surface area contributed by atoms with Crippen LogP contribution in [-0.4, -0.2) is 104 Å². The number of carbonyl (C=O) groups is 6. The molecule has 0 bridgehead atoms. The highest BCUT2D eigenvalue weighted by molar-refractivity contribution is 5.83. The molecule has 278 valence electrons. The molecule has 16 heteroatoms. The van der Waals surface area contributed by atoms with Crippen LogP contribution in [0.4, 0.5) is 0 Å². The van der Waals surface area contributed by atoms with Gasteiger partial charge in [0.25, 0.3) is 0 Å². The van der Waals surface area contributed by atoms with E-state index in [0.717, 1.165) is 30.2 Å². The molecule has 2 fully saturated rings. The standard InChI is InChI=1S/C35H43NO15/c1-18(37)36-30-28(46-21(4)40)14-27(16-43-19(2)38)49-34(30)51-32-31(47-22(5)41)29(17-44-20(3)39)50-35(33(32)48-23(6)42)45-15-24-11-12-25-9-7-8-10-26(25)13-24/h7-13,27-35H,14-17H2,1-6H3,(H,36,37)/t27-,28-,29+,30+,31-,32-,33+,34-,35+/m0/s1. The molecule has 4 rings (SSSR count). The first-order chi connectivity index (χ1) is 24.2. The number of esters is 5. The molecule has 2 aromatic rings. The Morgan fingerprint density at radius 3 is 1.94 bits per heavy atom. The number of hydrogen-bond acceptors (Lipinski definition) is 15. The van der Waals surface area contributed by atoms with E-state index in [2.05, 4.69) is 5.32 Å². The summed E-state index contributed by atoms with van der Waals surface area (Å²) in [5.74, 6) is -4.02. The summed E-state index contributed by atoms with van der Waals surface area (Å²) in [4.78, 5) is 73.1. The quantitative estimate of drug-likeness (QED) is 0.233. The molecule has 0 spiro atoms. The fourth-order valence-electron chi connectivity index (χ4n) is 5.89. The van der Waals surface area contributed by atoms with E-state index in [4.69, 9.17) is 42.6 Å². The lowest BCUT2D eigenvalue weighted by atomic mass is 9.96. The average Bonchev–Trinajstić information content (AvgIpc) is 3.04. The van der Waals surface area contributed by atoms with Crippen molar-refractivity contribution < 1.29 is 71.4 Å². The minimum absolute atomic E-state index is 0.00123. The molecule has 16 nitrogen and oxygen atoms in total. The minimum Gasteiger partial charge on any atom is -0.463 e. The summed E-state index contributed by atoms with van der Waals surface area (Å²) >= 11 is 0. The first-order valence-corrected chi connectivity index (χ1v) is 16.3. The van der Waals surface area contributed by atoms with E-state index < -0.39 is 97.6 Å². The number of hydrogen-bond donors (Lipinski definition) is 1. The van der Waals surface area contributed by atoms with Gasteiger partial charge in [0.1, 0.15) is 37.6 Å². The maximum Gasteiger partial charge on any atom is 0.303 e. The molecular weight excluding hydrogens is 674 g/mol. The first kappa shape index (κ1) is 39.2. The molecule has 1 N–H and O–H groups in total. The van der Waals surface area contributed by atoms with Gasteiger partial charge in [0, 0.05) is 48.0 Å². The Bertz CT molecular complexity index is 1580. The van der Waals surface area contributed by atoms with E-state index in [1.165, 1.54) is 27.7 Å². The summed E-state index contributed by atoms with van der Waals surface area (Å²) in [6, 6.07) is 12.2. The minimum atomic E-state index is -1.48. The lowest BCUT2D eigenvalue weighted by Gasteiger charge is -2.48. The Morgan fingerprint density at radius 2 is 1.31 bits per heavy atom. The van der Waals surface area contributed by atoms with Gasteiger partial charge < -0.3 is 47.9 Å². The second-order valence-corrected chi connectivity index (χ2v) is 12.1. The van der Waals surface area contributed by atoms with Crippen molar-refractivity contribution in [2.45, 2.75) is 110 Å². The van der Waals surface area contributed by atoms with Crippen molar-refractivity contribution in [1.29, 1.82) is 0 Å². The molecule has 2 aliphatic rings. The van der Waals surface area contributed by atoms with Crippen LogP contribution >= 0.6 is 0 Å². The smallest absolute Gasteiger partial charge is 0.303 e. The van der Waals surface area contributed by atoms with Gasteiger partial charge >= 0.3 is 29.8 Å². The van der Waals surface area contributed by atoms with Crippen LogP contribution in [0.25, 0.3) is 10.8 Å². The van der Waals surface area contributed by atoms with E-state index in [9.17, 15) is 28.8 Å². The molecule has 0 radical (unpaired) electrons. The second kappa shape index (κ2) is 18.0. The largest absolute Gasteiger partial charge is 0.463 e. The van der Waals surface area contributed by atoms with Crippen molar-refractivity contribution in [3.05, 3.63) is 48.0 Å². The summed E-state index contributed by atoms with van der Waals surface area (Å²) in [6.45, 7) is 6.35. The lowest BCUT2D eigenvalue weighted by molar-refractivity contribution is -0.344. The summed E-state index contributed by atoms with van der Waals surface area (Å²) in [7, 11) is 0. The molecular formula is C35H43NO15. The van der Waals surface area contributed by atoms with Crippen LogP contribution < -0.4 is 5.32 Å². The highest BCUT2D eigenvalue weighted by atomic mass is 16.8. The van der Waals surface area contributed by atoms with E-state index in [1.54, 1.807) is 0 Å². The fraction of sp³-hybridized carbons (Fsp3) is 0.543. The topological polar surface area (TPSA) is 198 Å². The molecule has 2 saturated heterocycles. The van der Waals surface area contributed by atoms with Gasteiger partial charge in [-0.1, -0.05) is 36.4 Å². The van der Waals surface area contributed by atoms with Crippen LogP contribution in [-0.2, 0) is 78.0 Å². The van der Waals surface area contributed by atoms with Crippen LogP contribution in [0.1, 0.15) is 53.5 Å². The van der Waals surface area contributed by atoms with Gasteiger partial charge in [0.05, 0.1) is 12.7 Å². The highest BCUT2D eigenvalue weighted by Crippen LogP contribution is 2.34. The number of fused-ring (bicyclic) bond motifs is 1. The van der Waals surface area contributed by atoms with Gasteiger partial charge in [-0.2, -0.15) is 0 Å². The number of nitrogens with one attached hydrogen (secondary N) is 1. The van der Waals surface area contributed by atoms with Gasteiger partial charge in [0.15, 0.2) is 24.8 Å². The zero-order valence-corrected chi connectivity index (χ0v) is 29.2. The molecule has 51 heavy (non-hydrogen) atoms. The number of rotatable bonds is 13. The van der Waals surface area contributed by atoms with Gasteiger partial charge in [-0.15, -0.1) is 0 Å². The van der Waals surface area contributed by atoms with E-state index >= 15 is 0 Å². The molecule has 2 heterocycles. The predicted octanol–water partition coefficient (Wildman–Crippen LogP) is 2.01. The molecule has 0 aromatic heterocycles. The molecule has 2 aliphatic heterocycles. The fourth-order valence-corrected chi connectivity index (χ4v) is 5.89. The first-order valence-electron chi connectivity index (χ1n) is 16.3. The number of carbonyl (C=O) groups excluding carboxylic acids is 6. The third kappa shape index (κ3) is 11.4. The zero-order chi connectivity index (χ0) is 37.2. The highest BCUT2D eigenvalue weighted by Gasteiger charge is 2.54. The Kier molecular flexibility index (Phi) is 13.8. The maximum absolute atomic E-state index is 12.6. The Balaban J connectivity index is 1.75. The molecule has 0 saturated carbocycles. The zero-order valence-electron chi connectivity index (χ0n) is 29.2. The third-order valence-electron chi connectivity index (χ3n) is 7.84. The van der Waals surface area contributed by atoms with Crippen molar-refractivity contribution >= 4 is 46.5 Å². The molecule has 1 amide bonds. The van der Waals surface area contributed by atoms with Gasteiger partial charge in [0.2, 0.25) is 5.91 Å². The van der Waals surface area contributed by atoms with Crippen molar-refractivity contribution in [3.63, 3.8) is 0 Å². The van der Waals surface area contributed by atoms with Crippen LogP contribution in [0, 0.1) is 0 Å². The van der Waals surface area contributed by atoms with Crippen LogP contribution in [0.5, 0.6) is 0 Å². The van der Waals surface area contributed by atoms with Crippen LogP contribution in [0.3, 0.4) is 0 Å². The van der Waals surface area contributed by atoms with E-state index in [0.29, 0.717) is 0 Å². The maximum atomic E-state index is 12.6. The van der Waals surface area contributed by atoms with E-state index in [-0.39, 0.29) is 19.6 Å². The monoisotopic (exact) mass is 717 g/mol. The molecule has 0 aliphatic carbocycles. The summed E-state index contributed by atoms with van der Waals surface area (Å²) in [6.07, 6.45) is -10.3. The Labute approximate surface area is 294 Å². The van der Waals surface area contributed by atoms with Gasteiger partial charge in [-0.25, -0.2) is 0 Å². The summed E-state index contributed by atoms with van der Waals surface area (Å²) in [5.41, 5.74) is 0.744. The summed E-state index contributed by atoms with van der Waals surface area (Å²) < 4.78 is 52.3. The molecule has 0 unspecified atom stereocenters. The van der Waals surface area contributed by atoms with Crippen molar-refractivity contribution in [2.75, 3.05) is 13.2 Å². The molecule has 9 atom stereocenters. The Morgan fingerprint density at radius 1 is 0.686 bits per heavy atom. The van der Waals surface area contributed by atoms with Crippen molar-refractivity contribution in [1.82, 2.24) is 5.32 Å².